The molecule has 4 heterocycles. The molecule has 3 aliphatic heterocycles. The summed E-state index contributed by atoms with van der Waals surface area (Å²) in [7, 11) is 0. The first kappa shape index (κ1) is 22.3. The smallest absolute Gasteiger partial charge is 0.256 e. The van der Waals surface area contributed by atoms with Gasteiger partial charge in [-0.3, -0.25) is 4.79 Å². The van der Waals surface area contributed by atoms with Crippen LogP contribution in [0.15, 0.2) is 36.5 Å². The van der Waals surface area contributed by atoms with E-state index in [1.807, 2.05) is 30.9 Å². The van der Waals surface area contributed by atoms with E-state index in [1.165, 1.54) is 5.56 Å². The van der Waals surface area contributed by atoms with Crippen LogP contribution in [0.25, 0.3) is 0 Å². The number of carbonyl (C=O) groups is 1. The zero-order valence-corrected chi connectivity index (χ0v) is 19.5. The molecule has 2 aromatic rings. The number of carbonyl (C=O) groups excluding carboxylic acids is 1. The van der Waals surface area contributed by atoms with E-state index in [0.717, 1.165) is 55.2 Å². The van der Waals surface area contributed by atoms with Crippen LogP contribution in [-0.2, 0) is 25.5 Å². The summed E-state index contributed by atoms with van der Waals surface area (Å²) in [5.41, 5.74) is 3.96. The number of rotatable bonds is 4. The number of pyridine rings is 1. The van der Waals surface area contributed by atoms with E-state index >= 15 is 0 Å². The summed E-state index contributed by atoms with van der Waals surface area (Å²) in [5, 5.41) is 3.45. The molecule has 2 fully saturated rings. The molecule has 2 saturated heterocycles. The van der Waals surface area contributed by atoms with E-state index in [-0.39, 0.29) is 19.5 Å². The normalized spacial score (nSPS) is 25.1. The number of aromatic nitrogens is 1. The fourth-order valence-electron chi connectivity index (χ4n) is 4.98. The van der Waals surface area contributed by atoms with Crippen molar-refractivity contribution in [3.8, 4) is 0 Å². The molecule has 3 unspecified atom stereocenters. The Morgan fingerprint density at radius 2 is 2.15 bits per heavy atom. The molecule has 1 aromatic carbocycles. The number of nitrogens with zero attached hydrogens (tertiary/aromatic N) is 2. The average molecular weight is 454 g/mol. The Kier molecular flexibility index (Phi) is 6.62. The lowest BCUT2D eigenvalue weighted by atomic mass is 9.92. The van der Waals surface area contributed by atoms with Crippen LogP contribution >= 0.6 is 0 Å². The third kappa shape index (κ3) is 4.90. The highest BCUT2D eigenvalue weighted by atomic mass is 16.5. The number of benzene rings is 1. The number of hydrogen-bond donors (Lipinski definition) is 1. The molecule has 1 N–H and O–H groups in total. The highest BCUT2D eigenvalue weighted by Crippen LogP contribution is 2.39. The molecule has 33 heavy (non-hydrogen) atoms. The van der Waals surface area contributed by atoms with Gasteiger partial charge in [0, 0.05) is 25.7 Å². The molecule has 7 nitrogen and oxygen atoms in total. The lowest BCUT2D eigenvalue weighted by molar-refractivity contribution is -0.143. The van der Waals surface area contributed by atoms with E-state index in [1.54, 1.807) is 6.20 Å². The van der Waals surface area contributed by atoms with Crippen molar-refractivity contribution in [2.75, 3.05) is 30.0 Å². The molecule has 0 radical (unpaired) electrons. The fourth-order valence-corrected chi connectivity index (χ4v) is 4.98. The first-order chi connectivity index (χ1) is 16.1. The van der Waals surface area contributed by atoms with Gasteiger partial charge in [-0.2, -0.15) is 0 Å². The number of nitrogens with one attached hydrogen (secondary N) is 1. The summed E-state index contributed by atoms with van der Waals surface area (Å²) in [5.74, 6) is 1.14. The van der Waals surface area contributed by atoms with Crippen LogP contribution in [0.1, 0.15) is 58.0 Å². The van der Waals surface area contributed by atoms with E-state index in [4.69, 9.17) is 14.2 Å². The number of amides is 1. The summed E-state index contributed by atoms with van der Waals surface area (Å²) in [6.45, 7) is 6.52. The van der Waals surface area contributed by atoms with Crippen molar-refractivity contribution in [3.05, 3.63) is 47.7 Å². The predicted octanol–water partition coefficient (Wildman–Crippen LogP) is 4.78. The molecule has 178 valence electrons. The quantitative estimate of drug-likeness (QED) is 0.718. The van der Waals surface area contributed by atoms with Gasteiger partial charge in [0.05, 0.1) is 43.3 Å². The number of anilines is 3. The largest absolute Gasteiger partial charge is 0.381 e. The molecule has 0 aliphatic carbocycles. The Hall–Kier alpha value is -2.48. The van der Waals surface area contributed by atoms with E-state index in [9.17, 15) is 4.79 Å². The summed E-state index contributed by atoms with van der Waals surface area (Å²) >= 11 is 0. The number of hydrogen-bond acceptors (Lipinski definition) is 6. The lowest BCUT2D eigenvalue weighted by Crippen LogP contribution is -2.44. The fraction of sp³-hybridized carbons (Fsp3) is 0.538. The Balaban J connectivity index is 0.00000274. The molecular weight excluding hydrogens is 418 g/mol. The topological polar surface area (TPSA) is 72.9 Å². The van der Waals surface area contributed by atoms with Gasteiger partial charge in [0.15, 0.2) is 0 Å². The van der Waals surface area contributed by atoms with Crippen LogP contribution < -0.4 is 10.2 Å². The molecule has 3 aliphatic rings. The van der Waals surface area contributed by atoms with Crippen molar-refractivity contribution >= 4 is 23.1 Å². The summed E-state index contributed by atoms with van der Waals surface area (Å²) < 4.78 is 17.6. The third-order valence-corrected chi connectivity index (χ3v) is 6.66. The van der Waals surface area contributed by atoms with Gasteiger partial charge in [-0.1, -0.05) is 12.1 Å². The zero-order chi connectivity index (χ0) is 22.8. The minimum atomic E-state index is -0.468. The molecule has 1 amide bonds. The van der Waals surface area contributed by atoms with Gasteiger partial charge < -0.3 is 24.4 Å². The number of fused-ring (bicyclic) bond motifs is 2. The van der Waals surface area contributed by atoms with Crippen molar-refractivity contribution < 1.29 is 20.4 Å². The highest BCUT2D eigenvalue weighted by molar-refractivity contribution is 6.01. The van der Waals surface area contributed by atoms with Gasteiger partial charge in [-0.05, 0) is 63.3 Å². The first-order valence-electron chi connectivity index (χ1n) is 12.1. The van der Waals surface area contributed by atoms with Crippen molar-refractivity contribution in [2.45, 2.75) is 70.3 Å². The highest BCUT2D eigenvalue weighted by Gasteiger charge is 2.34. The van der Waals surface area contributed by atoms with E-state index < -0.39 is 6.10 Å². The summed E-state index contributed by atoms with van der Waals surface area (Å²) in [4.78, 5) is 20.2. The molecule has 5 rings (SSSR count). The van der Waals surface area contributed by atoms with E-state index in [2.05, 4.69) is 28.5 Å². The summed E-state index contributed by atoms with van der Waals surface area (Å²) in [6.07, 6.45) is 5.16. The van der Waals surface area contributed by atoms with Gasteiger partial charge in [-0.15, -0.1) is 0 Å². The van der Waals surface area contributed by atoms with Crippen LogP contribution in [0.5, 0.6) is 0 Å². The van der Waals surface area contributed by atoms with Crippen LogP contribution in [0, 0.1) is 0 Å². The zero-order valence-electron chi connectivity index (χ0n) is 19.5. The molecule has 3 atom stereocenters. The molecule has 1 aromatic heterocycles. The van der Waals surface area contributed by atoms with Crippen molar-refractivity contribution in [1.82, 2.24) is 4.98 Å². The Labute approximate surface area is 196 Å². The average Bonchev–Trinajstić information content (AvgIpc) is 3.00. The SMILES string of the molecule is CC(C)OC1CCC(C(=O)N2Cc3cccnc3Nc3ccc(C4CCCOC4)cc32)OC1.[HH]. The van der Waals surface area contributed by atoms with Gasteiger partial charge in [-0.25, -0.2) is 4.98 Å². The van der Waals surface area contributed by atoms with Gasteiger partial charge in [0.25, 0.3) is 5.91 Å². The van der Waals surface area contributed by atoms with Crippen LogP contribution in [0.2, 0.25) is 0 Å². The maximum atomic E-state index is 13.8. The van der Waals surface area contributed by atoms with E-state index in [0.29, 0.717) is 25.5 Å². The molecular formula is C26H35N3O4. The van der Waals surface area contributed by atoms with Crippen molar-refractivity contribution in [1.29, 1.82) is 0 Å². The molecule has 7 heteroatoms. The second-order valence-corrected chi connectivity index (χ2v) is 9.46. The second kappa shape index (κ2) is 9.79. The third-order valence-electron chi connectivity index (χ3n) is 6.66. The summed E-state index contributed by atoms with van der Waals surface area (Å²) in [6, 6.07) is 10.3. The van der Waals surface area contributed by atoms with Crippen LogP contribution in [-0.4, -0.2) is 49.0 Å². The van der Waals surface area contributed by atoms with Crippen molar-refractivity contribution in [3.63, 3.8) is 0 Å². The monoisotopic (exact) mass is 453 g/mol. The minimum absolute atomic E-state index is 0. The first-order valence-corrected chi connectivity index (χ1v) is 12.1. The Bertz CT molecular complexity index is 988. The number of ether oxygens (including phenoxy) is 3. The maximum Gasteiger partial charge on any atom is 0.256 e. The van der Waals surface area contributed by atoms with Gasteiger partial charge in [0.2, 0.25) is 0 Å². The van der Waals surface area contributed by atoms with Crippen LogP contribution in [0.3, 0.4) is 0 Å². The second-order valence-electron chi connectivity index (χ2n) is 9.46. The molecule has 0 saturated carbocycles. The van der Waals surface area contributed by atoms with Crippen molar-refractivity contribution in [2.24, 2.45) is 0 Å². The molecule has 0 spiro atoms. The van der Waals surface area contributed by atoms with Gasteiger partial charge >= 0.3 is 0 Å². The molecule has 0 bridgehead atoms. The van der Waals surface area contributed by atoms with Gasteiger partial charge in [0.1, 0.15) is 11.9 Å². The predicted molar refractivity (Wildman–Crippen MR) is 129 cm³/mol. The standard InChI is InChI=1S/C26H33N3O4.H2/c1-17(2)33-21-8-10-24(32-16-21)26(30)29-14-19-5-3-11-27-25(19)28-22-9-7-18(13-23(22)29)20-6-4-12-31-15-20;/h3,5,7,9,11,13,17,20-21,24H,4,6,8,10,12,14-16H2,1-2H3,(H,27,28);1H. The Morgan fingerprint density at radius 1 is 1.24 bits per heavy atom. The minimum Gasteiger partial charge on any atom is -0.381 e. The Morgan fingerprint density at radius 3 is 2.91 bits per heavy atom. The lowest BCUT2D eigenvalue weighted by Gasteiger charge is -2.33. The van der Waals surface area contributed by atoms with Crippen LogP contribution in [0.4, 0.5) is 17.2 Å². The maximum absolute atomic E-state index is 13.8.